The van der Waals surface area contributed by atoms with Crippen LogP contribution in [0.1, 0.15) is 11.1 Å². The fraction of sp³-hybridized carbons (Fsp3) is 0.0625. The van der Waals surface area contributed by atoms with Gasteiger partial charge in [-0.25, -0.2) is 9.37 Å². The Kier molecular flexibility index (Phi) is 3.72. The molecule has 0 saturated heterocycles. The fourth-order valence-electron chi connectivity index (χ4n) is 2.11. The summed E-state index contributed by atoms with van der Waals surface area (Å²) in [6.07, 6.45) is 0.633. The Morgan fingerprint density at radius 2 is 1.80 bits per heavy atom. The van der Waals surface area contributed by atoms with Gasteiger partial charge in [-0.2, -0.15) is 0 Å². The van der Waals surface area contributed by atoms with Crippen LogP contribution in [0.2, 0.25) is 5.15 Å². The number of rotatable bonds is 2. The van der Waals surface area contributed by atoms with Crippen molar-refractivity contribution in [1.82, 2.24) is 4.98 Å². The molecule has 0 bridgehead atoms. The van der Waals surface area contributed by atoms with Crippen LogP contribution in [0.5, 0.6) is 0 Å². The molecule has 1 aromatic heterocycles. The minimum atomic E-state index is -0.236. The lowest BCUT2D eigenvalue weighted by atomic mass is 10.0. The second-order valence-corrected chi connectivity index (χ2v) is 5.85. The number of benzene rings is 2. The average molecular weight is 351 g/mol. The van der Waals surface area contributed by atoms with Crippen LogP contribution in [0, 0.1) is 5.82 Å². The first kappa shape index (κ1) is 13.5. The molecule has 0 aliphatic heterocycles. The van der Waals surface area contributed by atoms with Crippen molar-refractivity contribution < 1.29 is 4.39 Å². The predicted molar refractivity (Wildman–Crippen MR) is 83.7 cm³/mol. The largest absolute Gasteiger partial charge is 0.236 e. The zero-order valence-corrected chi connectivity index (χ0v) is 12.7. The van der Waals surface area contributed by atoms with Crippen LogP contribution in [0.3, 0.4) is 0 Å². The van der Waals surface area contributed by atoms with Crippen molar-refractivity contribution in [3.05, 3.63) is 75.1 Å². The standard InChI is InChI=1S/C16H10BrClFN/c17-13-3-6-15-11(9-13)8-12(16(18)20-15)7-10-1-4-14(19)5-2-10/h1-6,8-9H,7H2. The number of aromatic nitrogens is 1. The lowest BCUT2D eigenvalue weighted by Gasteiger charge is -2.07. The summed E-state index contributed by atoms with van der Waals surface area (Å²) in [6, 6.07) is 14.3. The molecule has 20 heavy (non-hydrogen) atoms. The van der Waals surface area contributed by atoms with Gasteiger partial charge in [0.1, 0.15) is 11.0 Å². The second kappa shape index (κ2) is 5.51. The van der Waals surface area contributed by atoms with Crippen LogP contribution >= 0.6 is 27.5 Å². The first-order valence-corrected chi connectivity index (χ1v) is 7.28. The van der Waals surface area contributed by atoms with E-state index < -0.39 is 0 Å². The molecule has 2 aromatic carbocycles. The van der Waals surface area contributed by atoms with Gasteiger partial charge in [-0.1, -0.05) is 39.7 Å². The summed E-state index contributed by atoms with van der Waals surface area (Å²) in [6.45, 7) is 0. The van der Waals surface area contributed by atoms with Crippen LogP contribution in [-0.2, 0) is 6.42 Å². The summed E-state index contributed by atoms with van der Waals surface area (Å²) < 4.78 is 13.9. The summed E-state index contributed by atoms with van der Waals surface area (Å²) in [5.74, 6) is -0.236. The van der Waals surface area contributed by atoms with E-state index in [1.165, 1.54) is 12.1 Å². The van der Waals surface area contributed by atoms with E-state index in [1.807, 2.05) is 24.3 Å². The van der Waals surface area contributed by atoms with E-state index in [0.717, 1.165) is 26.5 Å². The van der Waals surface area contributed by atoms with Crippen molar-refractivity contribution >= 4 is 38.4 Å². The summed E-state index contributed by atoms with van der Waals surface area (Å²) in [5.41, 5.74) is 2.80. The highest BCUT2D eigenvalue weighted by molar-refractivity contribution is 9.10. The summed E-state index contributed by atoms with van der Waals surface area (Å²) >= 11 is 9.68. The number of nitrogens with zero attached hydrogens (tertiary/aromatic N) is 1. The van der Waals surface area contributed by atoms with Crippen molar-refractivity contribution in [3.63, 3.8) is 0 Å². The normalized spacial score (nSPS) is 10.9. The van der Waals surface area contributed by atoms with E-state index in [4.69, 9.17) is 11.6 Å². The van der Waals surface area contributed by atoms with Crippen LogP contribution in [0.15, 0.2) is 53.0 Å². The molecule has 100 valence electrons. The van der Waals surface area contributed by atoms with E-state index in [0.29, 0.717) is 11.6 Å². The van der Waals surface area contributed by atoms with Crippen LogP contribution in [0.4, 0.5) is 4.39 Å². The smallest absolute Gasteiger partial charge is 0.133 e. The van der Waals surface area contributed by atoms with Crippen molar-refractivity contribution in [1.29, 1.82) is 0 Å². The molecule has 0 aliphatic rings. The van der Waals surface area contributed by atoms with E-state index in [-0.39, 0.29) is 5.82 Å². The Labute approximate surface area is 129 Å². The Bertz CT molecular complexity index is 771. The van der Waals surface area contributed by atoms with Gasteiger partial charge in [0.15, 0.2) is 0 Å². The van der Waals surface area contributed by atoms with Gasteiger partial charge < -0.3 is 0 Å². The van der Waals surface area contributed by atoms with Crippen molar-refractivity contribution in [2.75, 3.05) is 0 Å². The molecular formula is C16H10BrClFN. The number of hydrogen-bond donors (Lipinski definition) is 0. The maximum atomic E-state index is 12.9. The molecule has 3 rings (SSSR count). The minimum absolute atomic E-state index is 0.236. The first-order chi connectivity index (χ1) is 9.61. The molecule has 1 nitrogen and oxygen atoms in total. The molecule has 4 heteroatoms. The highest BCUT2D eigenvalue weighted by atomic mass is 79.9. The molecule has 0 fully saturated rings. The minimum Gasteiger partial charge on any atom is -0.236 e. The third-order valence-electron chi connectivity index (χ3n) is 3.11. The van der Waals surface area contributed by atoms with Crippen LogP contribution < -0.4 is 0 Å². The number of halogens is 3. The predicted octanol–water partition coefficient (Wildman–Crippen LogP) is 5.38. The van der Waals surface area contributed by atoms with Gasteiger partial charge in [0, 0.05) is 16.3 Å². The molecule has 0 saturated carbocycles. The van der Waals surface area contributed by atoms with Gasteiger partial charge in [0.25, 0.3) is 0 Å². The molecule has 0 N–H and O–H groups in total. The number of pyridine rings is 1. The summed E-state index contributed by atoms with van der Waals surface area (Å²) in [5, 5.41) is 1.52. The molecule has 1 heterocycles. The highest BCUT2D eigenvalue weighted by Gasteiger charge is 2.07. The van der Waals surface area contributed by atoms with Gasteiger partial charge in [0.05, 0.1) is 5.52 Å². The first-order valence-electron chi connectivity index (χ1n) is 6.11. The van der Waals surface area contributed by atoms with Crippen molar-refractivity contribution in [2.24, 2.45) is 0 Å². The Hall–Kier alpha value is -1.45. The van der Waals surface area contributed by atoms with E-state index in [9.17, 15) is 4.39 Å². The molecule has 0 radical (unpaired) electrons. The highest BCUT2D eigenvalue weighted by Crippen LogP contribution is 2.25. The van der Waals surface area contributed by atoms with E-state index in [2.05, 4.69) is 20.9 Å². The topological polar surface area (TPSA) is 12.9 Å². The molecule has 0 unspecified atom stereocenters. The summed E-state index contributed by atoms with van der Waals surface area (Å²) in [4.78, 5) is 4.40. The third kappa shape index (κ3) is 2.84. The Balaban J connectivity index is 2.02. The SMILES string of the molecule is Fc1ccc(Cc2cc3cc(Br)ccc3nc2Cl)cc1. The Morgan fingerprint density at radius 1 is 1.05 bits per heavy atom. The fourth-order valence-corrected chi connectivity index (χ4v) is 2.70. The molecule has 0 aliphatic carbocycles. The van der Waals surface area contributed by atoms with E-state index >= 15 is 0 Å². The van der Waals surface area contributed by atoms with E-state index in [1.54, 1.807) is 12.1 Å². The lowest BCUT2D eigenvalue weighted by molar-refractivity contribution is 0.627. The zero-order chi connectivity index (χ0) is 14.1. The third-order valence-corrected chi connectivity index (χ3v) is 3.93. The second-order valence-electron chi connectivity index (χ2n) is 4.58. The number of hydrogen-bond acceptors (Lipinski definition) is 1. The molecule has 0 spiro atoms. The van der Waals surface area contributed by atoms with Crippen LogP contribution in [-0.4, -0.2) is 4.98 Å². The van der Waals surface area contributed by atoms with Gasteiger partial charge in [-0.15, -0.1) is 0 Å². The van der Waals surface area contributed by atoms with Gasteiger partial charge >= 0.3 is 0 Å². The van der Waals surface area contributed by atoms with Crippen LogP contribution in [0.25, 0.3) is 10.9 Å². The van der Waals surface area contributed by atoms with Crippen molar-refractivity contribution in [2.45, 2.75) is 6.42 Å². The number of fused-ring (bicyclic) bond motifs is 1. The average Bonchev–Trinajstić information content (AvgIpc) is 2.42. The quantitative estimate of drug-likeness (QED) is 0.565. The maximum Gasteiger partial charge on any atom is 0.133 e. The molecular weight excluding hydrogens is 341 g/mol. The molecule has 3 aromatic rings. The zero-order valence-electron chi connectivity index (χ0n) is 10.4. The summed E-state index contributed by atoms with van der Waals surface area (Å²) in [7, 11) is 0. The molecule has 0 atom stereocenters. The van der Waals surface area contributed by atoms with Crippen molar-refractivity contribution in [3.8, 4) is 0 Å². The molecule has 0 amide bonds. The Morgan fingerprint density at radius 3 is 2.55 bits per heavy atom. The van der Waals surface area contributed by atoms with Gasteiger partial charge in [-0.3, -0.25) is 0 Å². The lowest BCUT2D eigenvalue weighted by Crippen LogP contribution is -1.93. The van der Waals surface area contributed by atoms with Gasteiger partial charge in [-0.05, 0) is 47.5 Å². The maximum absolute atomic E-state index is 12.9. The van der Waals surface area contributed by atoms with Gasteiger partial charge in [0.2, 0.25) is 0 Å². The monoisotopic (exact) mass is 349 g/mol.